The Morgan fingerprint density at radius 3 is 2.41 bits per heavy atom. The number of amides is 1. The fourth-order valence-electron chi connectivity index (χ4n) is 2.21. The van der Waals surface area contributed by atoms with Crippen LogP contribution in [-0.2, 0) is 17.8 Å². The van der Waals surface area contributed by atoms with Crippen LogP contribution in [0.3, 0.4) is 0 Å². The van der Waals surface area contributed by atoms with Crippen molar-refractivity contribution in [3.8, 4) is 0 Å². The minimum atomic E-state index is 0.103. The van der Waals surface area contributed by atoms with Crippen molar-refractivity contribution in [1.29, 1.82) is 0 Å². The molecule has 2 nitrogen and oxygen atoms in total. The molecule has 0 radical (unpaired) electrons. The second-order valence-corrected chi connectivity index (χ2v) is 6.31. The highest BCUT2D eigenvalue weighted by Gasteiger charge is 2.11. The molecule has 0 fully saturated rings. The molecule has 0 aliphatic carbocycles. The Hall–Kier alpha value is -1.51. The second-order valence-electron chi connectivity index (χ2n) is 5.47. The van der Waals surface area contributed by atoms with Crippen LogP contribution in [0.5, 0.6) is 0 Å². The molecule has 0 heterocycles. The molecule has 0 aliphatic rings. The molecule has 22 heavy (non-hydrogen) atoms. The molecule has 2 aromatic rings. The van der Waals surface area contributed by atoms with Gasteiger partial charge >= 0.3 is 0 Å². The normalized spacial score (nSPS) is 10.5. The van der Waals surface area contributed by atoms with E-state index in [-0.39, 0.29) is 5.91 Å². The molecule has 0 bridgehead atoms. The second kappa shape index (κ2) is 7.66. The number of aryl methyl sites for hydroxylation is 2. The van der Waals surface area contributed by atoms with Crippen molar-refractivity contribution in [1.82, 2.24) is 4.90 Å². The number of carbonyl (C=O) groups excluding carboxylic acids is 1. The Morgan fingerprint density at radius 1 is 1.09 bits per heavy atom. The Morgan fingerprint density at radius 2 is 1.77 bits per heavy atom. The Bertz CT molecular complexity index is 653. The van der Waals surface area contributed by atoms with Crippen LogP contribution in [0, 0.1) is 6.92 Å². The van der Waals surface area contributed by atoms with Crippen LogP contribution in [-0.4, -0.2) is 17.9 Å². The SMILES string of the molecule is Cc1ccc(CN(C)C(=O)CCc2ccc(Cl)cc2Cl)cc1. The number of nitrogens with zero attached hydrogens (tertiary/aromatic N) is 1. The van der Waals surface area contributed by atoms with E-state index in [1.807, 2.05) is 13.1 Å². The standard InChI is InChI=1S/C18H19Cl2NO/c1-13-3-5-14(6-4-13)12-21(2)18(22)10-8-15-7-9-16(19)11-17(15)20/h3-7,9,11H,8,10,12H2,1-2H3. The summed E-state index contributed by atoms with van der Waals surface area (Å²) in [5, 5.41) is 1.22. The van der Waals surface area contributed by atoms with Gasteiger partial charge in [-0.1, -0.05) is 59.1 Å². The Labute approximate surface area is 141 Å². The van der Waals surface area contributed by atoms with Gasteiger partial charge in [0.25, 0.3) is 0 Å². The lowest BCUT2D eigenvalue weighted by molar-refractivity contribution is -0.130. The number of hydrogen-bond donors (Lipinski definition) is 0. The third-order valence-electron chi connectivity index (χ3n) is 3.59. The van der Waals surface area contributed by atoms with E-state index in [0.717, 1.165) is 11.1 Å². The van der Waals surface area contributed by atoms with Gasteiger partial charge in [0.15, 0.2) is 0 Å². The molecule has 0 aliphatic heterocycles. The van der Waals surface area contributed by atoms with Crippen molar-refractivity contribution in [2.24, 2.45) is 0 Å². The topological polar surface area (TPSA) is 20.3 Å². The van der Waals surface area contributed by atoms with Crippen molar-refractivity contribution in [3.63, 3.8) is 0 Å². The largest absolute Gasteiger partial charge is 0.341 e. The lowest BCUT2D eigenvalue weighted by atomic mass is 10.1. The highest BCUT2D eigenvalue weighted by molar-refractivity contribution is 6.35. The average Bonchev–Trinajstić information content (AvgIpc) is 2.48. The van der Waals surface area contributed by atoms with Crippen LogP contribution in [0.15, 0.2) is 42.5 Å². The quantitative estimate of drug-likeness (QED) is 0.761. The van der Waals surface area contributed by atoms with Gasteiger partial charge in [-0.15, -0.1) is 0 Å². The molecule has 0 unspecified atom stereocenters. The predicted octanol–water partition coefficient (Wildman–Crippen LogP) is 4.89. The van der Waals surface area contributed by atoms with Gasteiger partial charge in [0.1, 0.15) is 0 Å². The first kappa shape index (κ1) is 16.9. The first-order valence-corrected chi connectivity index (χ1v) is 7.95. The first-order chi connectivity index (χ1) is 10.5. The zero-order valence-corrected chi connectivity index (χ0v) is 14.3. The molecule has 0 spiro atoms. The Kier molecular flexibility index (Phi) is 5.87. The minimum Gasteiger partial charge on any atom is -0.341 e. The van der Waals surface area contributed by atoms with Gasteiger partial charge in [0.05, 0.1) is 0 Å². The van der Waals surface area contributed by atoms with Crippen molar-refractivity contribution in [2.45, 2.75) is 26.3 Å². The summed E-state index contributed by atoms with van der Waals surface area (Å²) in [6.45, 7) is 2.67. The summed E-state index contributed by atoms with van der Waals surface area (Å²) in [6.07, 6.45) is 1.05. The van der Waals surface area contributed by atoms with Crippen molar-refractivity contribution in [3.05, 3.63) is 69.2 Å². The smallest absolute Gasteiger partial charge is 0.222 e. The molecule has 4 heteroatoms. The number of rotatable bonds is 5. The lowest BCUT2D eigenvalue weighted by Crippen LogP contribution is -2.26. The molecule has 2 aromatic carbocycles. The van der Waals surface area contributed by atoms with Crippen LogP contribution >= 0.6 is 23.2 Å². The molecule has 0 saturated carbocycles. The van der Waals surface area contributed by atoms with E-state index in [4.69, 9.17) is 23.2 Å². The minimum absolute atomic E-state index is 0.103. The molecule has 0 saturated heterocycles. The van der Waals surface area contributed by atoms with E-state index in [9.17, 15) is 4.79 Å². The van der Waals surface area contributed by atoms with E-state index >= 15 is 0 Å². The zero-order chi connectivity index (χ0) is 16.1. The predicted molar refractivity (Wildman–Crippen MR) is 92.4 cm³/mol. The van der Waals surface area contributed by atoms with Crippen LogP contribution < -0.4 is 0 Å². The van der Waals surface area contributed by atoms with Crippen molar-refractivity contribution >= 4 is 29.1 Å². The van der Waals surface area contributed by atoms with Crippen molar-refractivity contribution < 1.29 is 4.79 Å². The summed E-state index contributed by atoms with van der Waals surface area (Å²) in [7, 11) is 1.83. The number of halogens is 2. The van der Waals surface area contributed by atoms with E-state index in [0.29, 0.717) is 29.4 Å². The van der Waals surface area contributed by atoms with Crippen LogP contribution in [0.25, 0.3) is 0 Å². The summed E-state index contributed by atoms with van der Waals surface area (Å²) in [5.41, 5.74) is 3.30. The fourth-order valence-corrected chi connectivity index (χ4v) is 2.72. The molecule has 1 amide bonds. The summed E-state index contributed by atoms with van der Waals surface area (Å²) in [4.78, 5) is 14.0. The summed E-state index contributed by atoms with van der Waals surface area (Å²) < 4.78 is 0. The van der Waals surface area contributed by atoms with E-state index in [1.165, 1.54) is 5.56 Å². The van der Waals surface area contributed by atoms with Gasteiger partial charge in [0, 0.05) is 30.1 Å². The summed E-state index contributed by atoms with van der Waals surface area (Å²) in [5.74, 6) is 0.103. The number of carbonyl (C=O) groups is 1. The number of benzene rings is 2. The molecule has 0 atom stereocenters. The molecule has 0 aromatic heterocycles. The van der Waals surface area contributed by atoms with E-state index in [1.54, 1.807) is 17.0 Å². The summed E-state index contributed by atoms with van der Waals surface area (Å²) >= 11 is 12.0. The molecular weight excluding hydrogens is 317 g/mol. The van der Waals surface area contributed by atoms with Crippen LogP contribution in [0.1, 0.15) is 23.1 Å². The monoisotopic (exact) mass is 335 g/mol. The third-order valence-corrected chi connectivity index (χ3v) is 4.18. The zero-order valence-electron chi connectivity index (χ0n) is 12.8. The fraction of sp³-hybridized carbons (Fsp3) is 0.278. The van der Waals surface area contributed by atoms with E-state index < -0.39 is 0 Å². The van der Waals surface area contributed by atoms with Gasteiger partial charge in [-0.05, 0) is 36.6 Å². The number of hydrogen-bond acceptors (Lipinski definition) is 1. The molecule has 0 N–H and O–H groups in total. The maximum Gasteiger partial charge on any atom is 0.222 e. The van der Waals surface area contributed by atoms with Crippen LogP contribution in [0.2, 0.25) is 10.0 Å². The molecule has 2 rings (SSSR count). The molecule has 116 valence electrons. The summed E-state index contributed by atoms with van der Waals surface area (Å²) in [6, 6.07) is 13.6. The van der Waals surface area contributed by atoms with Gasteiger partial charge in [-0.3, -0.25) is 4.79 Å². The maximum atomic E-state index is 12.2. The van der Waals surface area contributed by atoms with Crippen molar-refractivity contribution in [2.75, 3.05) is 7.05 Å². The van der Waals surface area contributed by atoms with Gasteiger partial charge in [-0.2, -0.15) is 0 Å². The third kappa shape index (κ3) is 4.75. The van der Waals surface area contributed by atoms with Gasteiger partial charge < -0.3 is 4.90 Å². The lowest BCUT2D eigenvalue weighted by Gasteiger charge is -2.17. The first-order valence-electron chi connectivity index (χ1n) is 7.19. The van der Waals surface area contributed by atoms with E-state index in [2.05, 4.69) is 31.2 Å². The Balaban J connectivity index is 1.89. The average molecular weight is 336 g/mol. The highest BCUT2D eigenvalue weighted by atomic mass is 35.5. The molecular formula is C18H19Cl2NO. The highest BCUT2D eigenvalue weighted by Crippen LogP contribution is 2.22. The maximum absolute atomic E-state index is 12.2. The van der Waals surface area contributed by atoms with Crippen LogP contribution in [0.4, 0.5) is 0 Å². The van der Waals surface area contributed by atoms with Gasteiger partial charge in [-0.25, -0.2) is 0 Å². The van der Waals surface area contributed by atoms with Gasteiger partial charge in [0.2, 0.25) is 5.91 Å².